The first-order valence-electron chi connectivity index (χ1n) is 6.16. The molecule has 1 rings (SSSR count). The smallest absolute Gasteiger partial charge is 0.0751 e. The molecular formula is C14H22BrNO. The Kier molecular flexibility index (Phi) is 6.17. The van der Waals surface area contributed by atoms with Crippen molar-refractivity contribution in [3.63, 3.8) is 0 Å². The Hall–Kier alpha value is -0.380. The zero-order valence-electron chi connectivity index (χ0n) is 10.8. The standard InChI is InChI=1S/C14H22BrNO/c1-4-17-14(10(2)3)13(16)9-11-5-7-12(15)8-6-11/h5-8,10,13-14H,4,9,16H2,1-3H3. The van der Waals surface area contributed by atoms with Crippen LogP contribution in [-0.4, -0.2) is 18.8 Å². The van der Waals surface area contributed by atoms with Crippen LogP contribution in [0.15, 0.2) is 28.7 Å². The number of hydrogen-bond acceptors (Lipinski definition) is 2. The summed E-state index contributed by atoms with van der Waals surface area (Å²) in [6.45, 7) is 7.04. The summed E-state index contributed by atoms with van der Waals surface area (Å²) in [6.07, 6.45) is 0.986. The maximum Gasteiger partial charge on any atom is 0.0751 e. The van der Waals surface area contributed by atoms with Crippen molar-refractivity contribution < 1.29 is 4.74 Å². The summed E-state index contributed by atoms with van der Waals surface area (Å²) in [5.41, 5.74) is 7.49. The molecule has 2 atom stereocenters. The van der Waals surface area contributed by atoms with Crippen LogP contribution in [0.5, 0.6) is 0 Å². The minimum absolute atomic E-state index is 0.0520. The van der Waals surface area contributed by atoms with E-state index >= 15 is 0 Å². The average Bonchev–Trinajstić information content (AvgIpc) is 2.28. The maximum absolute atomic E-state index is 6.24. The Morgan fingerprint density at radius 2 is 1.82 bits per heavy atom. The van der Waals surface area contributed by atoms with E-state index < -0.39 is 0 Å². The number of rotatable bonds is 6. The van der Waals surface area contributed by atoms with Gasteiger partial charge in [0.25, 0.3) is 0 Å². The summed E-state index contributed by atoms with van der Waals surface area (Å²) < 4.78 is 6.82. The summed E-state index contributed by atoms with van der Waals surface area (Å²) in [4.78, 5) is 0. The van der Waals surface area contributed by atoms with Crippen molar-refractivity contribution in [3.05, 3.63) is 34.3 Å². The van der Waals surface area contributed by atoms with E-state index in [4.69, 9.17) is 10.5 Å². The molecule has 2 N–H and O–H groups in total. The molecule has 0 bridgehead atoms. The minimum atomic E-state index is 0.0520. The molecule has 3 heteroatoms. The molecule has 0 saturated heterocycles. The number of nitrogens with two attached hydrogens (primary N) is 1. The number of benzene rings is 1. The molecule has 0 spiro atoms. The molecule has 0 aromatic heterocycles. The zero-order valence-corrected chi connectivity index (χ0v) is 12.4. The Morgan fingerprint density at radius 1 is 1.24 bits per heavy atom. The van der Waals surface area contributed by atoms with Gasteiger partial charge in [0, 0.05) is 17.1 Å². The molecule has 0 amide bonds. The van der Waals surface area contributed by atoms with Gasteiger partial charge in [-0.3, -0.25) is 0 Å². The van der Waals surface area contributed by atoms with Crippen LogP contribution in [0.1, 0.15) is 26.3 Å². The van der Waals surface area contributed by atoms with Crippen LogP contribution in [0.25, 0.3) is 0 Å². The highest BCUT2D eigenvalue weighted by Gasteiger charge is 2.21. The lowest BCUT2D eigenvalue weighted by atomic mass is 9.94. The van der Waals surface area contributed by atoms with Crippen molar-refractivity contribution in [2.24, 2.45) is 11.7 Å². The predicted octanol–water partition coefficient (Wildman–Crippen LogP) is 3.38. The molecule has 1 aromatic rings. The van der Waals surface area contributed by atoms with Gasteiger partial charge >= 0.3 is 0 Å². The Bertz CT molecular complexity index is 323. The van der Waals surface area contributed by atoms with Gasteiger partial charge in [-0.2, -0.15) is 0 Å². The third-order valence-electron chi connectivity index (χ3n) is 2.82. The summed E-state index contributed by atoms with van der Waals surface area (Å²) in [5.74, 6) is 0.445. The average molecular weight is 300 g/mol. The van der Waals surface area contributed by atoms with E-state index in [0.29, 0.717) is 5.92 Å². The lowest BCUT2D eigenvalue weighted by Crippen LogP contribution is -2.42. The van der Waals surface area contributed by atoms with Gasteiger partial charge in [0.1, 0.15) is 0 Å². The van der Waals surface area contributed by atoms with Crippen LogP contribution >= 0.6 is 15.9 Å². The zero-order chi connectivity index (χ0) is 12.8. The van der Waals surface area contributed by atoms with Gasteiger partial charge in [0.2, 0.25) is 0 Å². The van der Waals surface area contributed by atoms with Gasteiger partial charge in [-0.25, -0.2) is 0 Å². The van der Waals surface area contributed by atoms with E-state index in [0.717, 1.165) is 17.5 Å². The van der Waals surface area contributed by atoms with E-state index in [1.165, 1.54) is 5.56 Å². The fourth-order valence-corrected chi connectivity index (χ4v) is 2.28. The summed E-state index contributed by atoms with van der Waals surface area (Å²) >= 11 is 3.43. The van der Waals surface area contributed by atoms with Crippen molar-refractivity contribution in [3.8, 4) is 0 Å². The fraction of sp³-hybridized carbons (Fsp3) is 0.571. The Balaban J connectivity index is 2.62. The first-order valence-corrected chi connectivity index (χ1v) is 6.95. The topological polar surface area (TPSA) is 35.2 Å². The van der Waals surface area contributed by atoms with Crippen LogP contribution in [0, 0.1) is 5.92 Å². The fourth-order valence-electron chi connectivity index (χ4n) is 2.01. The molecule has 2 nitrogen and oxygen atoms in total. The SMILES string of the molecule is CCOC(C(C)C)C(N)Cc1ccc(Br)cc1. The Morgan fingerprint density at radius 3 is 2.29 bits per heavy atom. The van der Waals surface area contributed by atoms with Gasteiger partial charge in [0.05, 0.1) is 6.10 Å². The monoisotopic (exact) mass is 299 g/mol. The molecule has 0 aliphatic rings. The molecule has 96 valence electrons. The minimum Gasteiger partial charge on any atom is -0.377 e. The molecule has 0 fully saturated rings. The third-order valence-corrected chi connectivity index (χ3v) is 3.35. The molecule has 0 heterocycles. The number of halogens is 1. The Labute approximate surface area is 113 Å². The van der Waals surface area contributed by atoms with Gasteiger partial charge < -0.3 is 10.5 Å². The lowest BCUT2D eigenvalue weighted by molar-refractivity contribution is 0.0128. The highest BCUT2D eigenvalue weighted by atomic mass is 79.9. The van der Waals surface area contributed by atoms with Crippen LogP contribution in [0.3, 0.4) is 0 Å². The van der Waals surface area contributed by atoms with Gasteiger partial charge in [-0.15, -0.1) is 0 Å². The van der Waals surface area contributed by atoms with Crippen molar-refractivity contribution in [2.45, 2.75) is 39.3 Å². The van der Waals surface area contributed by atoms with Gasteiger partial charge in [-0.05, 0) is 37.0 Å². The van der Waals surface area contributed by atoms with Crippen molar-refractivity contribution in [1.82, 2.24) is 0 Å². The van der Waals surface area contributed by atoms with E-state index in [1.807, 2.05) is 19.1 Å². The van der Waals surface area contributed by atoms with Crippen LogP contribution in [0.4, 0.5) is 0 Å². The lowest BCUT2D eigenvalue weighted by Gasteiger charge is -2.27. The number of hydrogen-bond donors (Lipinski definition) is 1. The second-order valence-corrected chi connectivity index (χ2v) is 5.57. The quantitative estimate of drug-likeness (QED) is 0.874. The van der Waals surface area contributed by atoms with Crippen LogP contribution < -0.4 is 5.73 Å². The molecule has 1 aromatic carbocycles. The summed E-state index contributed by atoms with van der Waals surface area (Å²) in [6, 6.07) is 8.36. The molecule has 2 unspecified atom stereocenters. The third kappa shape index (κ3) is 4.78. The molecule has 0 radical (unpaired) electrons. The van der Waals surface area contributed by atoms with Crippen molar-refractivity contribution in [2.75, 3.05) is 6.61 Å². The van der Waals surface area contributed by atoms with Crippen molar-refractivity contribution >= 4 is 15.9 Å². The first kappa shape index (κ1) is 14.7. The molecule has 0 aliphatic heterocycles. The predicted molar refractivity (Wildman–Crippen MR) is 76.1 cm³/mol. The van der Waals surface area contributed by atoms with E-state index in [9.17, 15) is 0 Å². The van der Waals surface area contributed by atoms with Gasteiger partial charge in [-0.1, -0.05) is 41.9 Å². The first-order chi connectivity index (χ1) is 8.04. The van der Waals surface area contributed by atoms with E-state index in [-0.39, 0.29) is 12.1 Å². The molecule has 0 aliphatic carbocycles. The summed E-state index contributed by atoms with van der Waals surface area (Å²) in [5, 5.41) is 0. The highest BCUT2D eigenvalue weighted by Crippen LogP contribution is 2.16. The maximum atomic E-state index is 6.24. The normalized spacial score (nSPS) is 14.9. The highest BCUT2D eigenvalue weighted by molar-refractivity contribution is 9.10. The number of ether oxygens (including phenoxy) is 1. The van der Waals surface area contributed by atoms with Crippen molar-refractivity contribution in [1.29, 1.82) is 0 Å². The van der Waals surface area contributed by atoms with E-state index in [1.54, 1.807) is 0 Å². The second-order valence-electron chi connectivity index (χ2n) is 4.66. The van der Waals surface area contributed by atoms with Crippen LogP contribution in [-0.2, 0) is 11.2 Å². The largest absolute Gasteiger partial charge is 0.377 e. The molecule has 0 saturated carbocycles. The van der Waals surface area contributed by atoms with Crippen LogP contribution in [0.2, 0.25) is 0 Å². The molecular weight excluding hydrogens is 278 g/mol. The summed E-state index contributed by atoms with van der Waals surface area (Å²) in [7, 11) is 0. The van der Waals surface area contributed by atoms with Gasteiger partial charge in [0.15, 0.2) is 0 Å². The van der Waals surface area contributed by atoms with E-state index in [2.05, 4.69) is 41.9 Å². The molecule has 17 heavy (non-hydrogen) atoms. The second kappa shape index (κ2) is 7.14.